The SMILES string of the molecule is Cn1nnc(CNc2ccc(-c3ccccc3)cc2)n1. The predicted octanol–water partition coefficient (Wildman–Crippen LogP) is 2.49. The molecule has 0 unspecified atom stereocenters. The summed E-state index contributed by atoms with van der Waals surface area (Å²) >= 11 is 0. The van der Waals surface area contributed by atoms with Crippen LogP contribution in [0.3, 0.4) is 0 Å². The van der Waals surface area contributed by atoms with Crippen LogP contribution in [0.4, 0.5) is 5.69 Å². The minimum atomic E-state index is 0.568. The highest BCUT2D eigenvalue weighted by molar-refractivity contribution is 5.65. The molecule has 0 saturated carbocycles. The van der Waals surface area contributed by atoms with Gasteiger partial charge in [0.2, 0.25) is 0 Å². The number of benzene rings is 2. The molecule has 0 amide bonds. The van der Waals surface area contributed by atoms with Crippen LogP contribution >= 0.6 is 0 Å². The monoisotopic (exact) mass is 265 g/mol. The van der Waals surface area contributed by atoms with Crippen LogP contribution in [0.15, 0.2) is 54.6 Å². The largest absolute Gasteiger partial charge is 0.378 e. The van der Waals surface area contributed by atoms with Crippen molar-refractivity contribution in [3.05, 3.63) is 60.4 Å². The van der Waals surface area contributed by atoms with E-state index in [2.05, 4.69) is 57.1 Å². The normalized spacial score (nSPS) is 10.4. The van der Waals surface area contributed by atoms with E-state index in [4.69, 9.17) is 0 Å². The van der Waals surface area contributed by atoms with Gasteiger partial charge in [0.1, 0.15) is 0 Å². The van der Waals surface area contributed by atoms with E-state index in [-0.39, 0.29) is 0 Å². The fourth-order valence-electron chi connectivity index (χ4n) is 1.99. The van der Waals surface area contributed by atoms with Gasteiger partial charge in [-0.15, -0.1) is 10.2 Å². The number of nitrogens with one attached hydrogen (secondary N) is 1. The first-order chi connectivity index (χ1) is 9.81. The van der Waals surface area contributed by atoms with E-state index in [0.29, 0.717) is 12.4 Å². The molecule has 20 heavy (non-hydrogen) atoms. The highest BCUT2D eigenvalue weighted by Gasteiger charge is 2.01. The summed E-state index contributed by atoms with van der Waals surface area (Å²) in [6.07, 6.45) is 0. The van der Waals surface area contributed by atoms with Crippen LogP contribution < -0.4 is 5.32 Å². The van der Waals surface area contributed by atoms with Crippen molar-refractivity contribution in [2.24, 2.45) is 7.05 Å². The lowest BCUT2D eigenvalue weighted by Crippen LogP contribution is -2.02. The minimum Gasteiger partial charge on any atom is -0.378 e. The number of aryl methyl sites for hydroxylation is 1. The Balaban J connectivity index is 1.67. The average Bonchev–Trinajstić information content (AvgIpc) is 2.92. The van der Waals surface area contributed by atoms with E-state index in [0.717, 1.165) is 5.69 Å². The summed E-state index contributed by atoms with van der Waals surface area (Å²) in [5, 5.41) is 15.1. The Labute approximate surface area is 117 Å². The van der Waals surface area contributed by atoms with Crippen LogP contribution in [0.2, 0.25) is 0 Å². The van der Waals surface area contributed by atoms with Crippen LogP contribution in [0.5, 0.6) is 0 Å². The molecule has 0 radical (unpaired) electrons. The number of aromatic nitrogens is 4. The van der Waals surface area contributed by atoms with E-state index < -0.39 is 0 Å². The highest BCUT2D eigenvalue weighted by Crippen LogP contribution is 2.21. The second kappa shape index (κ2) is 5.52. The predicted molar refractivity (Wildman–Crippen MR) is 78.0 cm³/mol. The maximum atomic E-state index is 4.12. The lowest BCUT2D eigenvalue weighted by atomic mass is 10.1. The first-order valence-corrected chi connectivity index (χ1v) is 6.43. The molecular formula is C15H15N5. The van der Waals surface area contributed by atoms with Crippen molar-refractivity contribution in [2.75, 3.05) is 5.32 Å². The molecule has 3 aromatic rings. The zero-order chi connectivity index (χ0) is 13.8. The molecule has 1 heterocycles. The van der Waals surface area contributed by atoms with Crippen molar-refractivity contribution in [3.63, 3.8) is 0 Å². The third-order valence-corrected chi connectivity index (χ3v) is 2.99. The maximum absolute atomic E-state index is 4.12. The van der Waals surface area contributed by atoms with Crippen LogP contribution in [0.25, 0.3) is 11.1 Å². The lowest BCUT2D eigenvalue weighted by Gasteiger charge is -2.05. The Bertz CT molecular complexity index is 673. The van der Waals surface area contributed by atoms with Crippen molar-refractivity contribution in [1.29, 1.82) is 0 Å². The van der Waals surface area contributed by atoms with E-state index in [9.17, 15) is 0 Å². The van der Waals surface area contributed by atoms with Gasteiger partial charge >= 0.3 is 0 Å². The quantitative estimate of drug-likeness (QED) is 0.787. The van der Waals surface area contributed by atoms with Gasteiger partial charge in [-0.25, -0.2) is 0 Å². The number of tetrazole rings is 1. The van der Waals surface area contributed by atoms with Crippen molar-refractivity contribution in [2.45, 2.75) is 6.54 Å². The summed E-state index contributed by atoms with van der Waals surface area (Å²) in [6.45, 7) is 0.568. The van der Waals surface area contributed by atoms with Crippen molar-refractivity contribution < 1.29 is 0 Å². The van der Waals surface area contributed by atoms with Crippen LogP contribution in [-0.4, -0.2) is 20.2 Å². The van der Waals surface area contributed by atoms with Crippen LogP contribution in [-0.2, 0) is 13.6 Å². The summed E-state index contributed by atoms with van der Waals surface area (Å²) in [6, 6.07) is 18.6. The Kier molecular flexibility index (Phi) is 3.41. The van der Waals surface area contributed by atoms with Crippen LogP contribution in [0.1, 0.15) is 5.82 Å². The van der Waals surface area contributed by atoms with Gasteiger partial charge < -0.3 is 5.32 Å². The standard InChI is InChI=1S/C15H15N5/c1-20-18-15(17-19-20)11-16-14-9-7-13(8-10-14)12-5-3-2-4-6-12/h2-10,16H,11H2,1H3. The zero-order valence-electron chi connectivity index (χ0n) is 11.2. The van der Waals surface area contributed by atoms with Gasteiger partial charge in [-0.1, -0.05) is 42.5 Å². The first kappa shape index (κ1) is 12.3. The second-order valence-corrected chi connectivity index (χ2v) is 4.49. The van der Waals surface area contributed by atoms with Gasteiger partial charge in [0.15, 0.2) is 5.82 Å². The van der Waals surface area contributed by atoms with Gasteiger partial charge in [0, 0.05) is 5.69 Å². The summed E-state index contributed by atoms with van der Waals surface area (Å²) in [4.78, 5) is 1.45. The molecule has 0 aliphatic heterocycles. The molecule has 5 nitrogen and oxygen atoms in total. The van der Waals surface area contributed by atoms with E-state index in [1.807, 2.05) is 18.2 Å². The summed E-state index contributed by atoms with van der Waals surface area (Å²) in [7, 11) is 1.76. The van der Waals surface area contributed by atoms with E-state index in [1.165, 1.54) is 15.9 Å². The van der Waals surface area contributed by atoms with Crippen molar-refractivity contribution >= 4 is 5.69 Å². The molecule has 100 valence electrons. The number of hydrogen-bond donors (Lipinski definition) is 1. The molecular weight excluding hydrogens is 250 g/mol. The first-order valence-electron chi connectivity index (χ1n) is 6.43. The topological polar surface area (TPSA) is 55.6 Å². The number of anilines is 1. The van der Waals surface area contributed by atoms with E-state index >= 15 is 0 Å². The zero-order valence-corrected chi connectivity index (χ0v) is 11.2. The molecule has 1 aromatic heterocycles. The van der Waals surface area contributed by atoms with Gasteiger partial charge in [-0.05, 0) is 28.5 Å². The maximum Gasteiger partial charge on any atom is 0.193 e. The number of hydrogen-bond acceptors (Lipinski definition) is 4. The molecule has 0 spiro atoms. The molecule has 0 aliphatic rings. The van der Waals surface area contributed by atoms with Gasteiger partial charge in [0.25, 0.3) is 0 Å². The molecule has 0 atom stereocenters. The lowest BCUT2D eigenvalue weighted by molar-refractivity contribution is 0.628. The minimum absolute atomic E-state index is 0.568. The molecule has 0 aliphatic carbocycles. The van der Waals surface area contributed by atoms with Crippen molar-refractivity contribution in [1.82, 2.24) is 20.2 Å². The molecule has 0 bridgehead atoms. The molecule has 1 N–H and O–H groups in total. The molecule has 0 saturated heterocycles. The second-order valence-electron chi connectivity index (χ2n) is 4.49. The average molecular weight is 265 g/mol. The Morgan fingerprint density at radius 3 is 2.30 bits per heavy atom. The molecule has 5 heteroatoms. The fraction of sp³-hybridized carbons (Fsp3) is 0.133. The summed E-state index contributed by atoms with van der Waals surface area (Å²) in [5.41, 5.74) is 3.46. The molecule has 2 aromatic carbocycles. The van der Waals surface area contributed by atoms with E-state index in [1.54, 1.807) is 7.05 Å². The highest BCUT2D eigenvalue weighted by atomic mass is 15.6. The molecule has 0 fully saturated rings. The summed E-state index contributed by atoms with van der Waals surface area (Å²) in [5.74, 6) is 0.680. The Hall–Kier alpha value is -2.69. The Morgan fingerprint density at radius 1 is 0.950 bits per heavy atom. The summed E-state index contributed by atoms with van der Waals surface area (Å²) < 4.78 is 0. The van der Waals surface area contributed by atoms with Gasteiger partial charge in [-0.3, -0.25) is 0 Å². The fourth-order valence-corrected chi connectivity index (χ4v) is 1.99. The third kappa shape index (κ3) is 2.83. The number of rotatable bonds is 4. The van der Waals surface area contributed by atoms with Crippen LogP contribution in [0, 0.1) is 0 Å². The third-order valence-electron chi connectivity index (χ3n) is 2.99. The number of nitrogens with zero attached hydrogens (tertiary/aromatic N) is 4. The molecule has 3 rings (SSSR count). The van der Waals surface area contributed by atoms with Crippen molar-refractivity contribution in [3.8, 4) is 11.1 Å². The van der Waals surface area contributed by atoms with Gasteiger partial charge in [-0.2, -0.15) is 4.80 Å². The smallest absolute Gasteiger partial charge is 0.193 e. The van der Waals surface area contributed by atoms with Gasteiger partial charge in [0.05, 0.1) is 13.6 Å². The Morgan fingerprint density at radius 2 is 1.65 bits per heavy atom.